The minimum Gasteiger partial charge on any atom is -0.493 e. The van der Waals surface area contributed by atoms with Crippen LogP contribution in [0.3, 0.4) is 0 Å². The molecule has 0 saturated heterocycles. The molecule has 0 unspecified atom stereocenters. The largest absolute Gasteiger partial charge is 0.493 e. The van der Waals surface area contributed by atoms with Gasteiger partial charge in [-0.25, -0.2) is 0 Å². The summed E-state index contributed by atoms with van der Waals surface area (Å²) in [7, 11) is 7.27. The maximum absolute atomic E-state index is 13.3. The molecule has 0 aliphatic heterocycles. The fourth-order valence-corrected chi connectivity index (χ4v) is 4.68. The van der Waals surface area contributed by atoms with Crippen molar-refractivity contribution in [2.45, 2.75) is 38.5 Å². The number of methoxy groups -OCH3 is 2. The Labute approximate surface area is 213 Å². The molecule has 1 aromatic heterocycles. The topological polar surface area (TPSA) is 80.9 Å². The lowest BCUT2D eigenvalue weighted by molar-refractivity contribution is -0.135. The molecule has 0 atom stereocenters. The quantitative estimate of drug-likeness (QED) is 0.386. The monoisotopic (exact) mass is 492 g/mol. The van der Waals surface area contributed by atoms with Crippen molar-refractivity contribution in [2.75, 3.05) is 46.3 Å². The first-order chi connectivity index (χ1) is 17.5. The average molecular weight is 493 g/mol. The molecule has 1 aliphatic rings. The fourth-order valence-electron chi connectivity index (χ4n) is 4.68. The van der Waals surface area contributed by atoms with E-state index in [2.05, 4.69) is 10.1 Å². The van der Waals surface area contributed by atoms with Crippen molar-refractivity contribution in [2.24, 2.45) is 5.92 Å². The van der Waals surface area contributed by atoms with E-state index < -0.39 is 0 Å². The third-order valence-corrected chi connectivity index (χ3v) is 6.84. The molecule has 8 heteroatoms. The molecule has 1 aliphatic carbocycles. The molecule has 0 bridgehead atoms. The van der Waals surface area contributed by atoms with Crippen LogP contribution in [0.4, 0.5) is 5.69 Å². The molecule has 36 heavy (non-hydrogen) atoms. The number of anilines is 1. The molecule has 1 fully saturated rings. The highest BCUT2D eigenvalue weighted by Crippen LogP contribution is 2.29. The summed E-state index contributed by atoms with van der Waals surface area (Å²) < 4.78 is 16.3. The van der Waals surface area contributed by atoms with Gasteiger partial charge in [0.1, 0.15) is 0 Å². The first-order valence-corrected chi connectivity index (χ1v) is 12.6. The highest BCUT2D eigenvalue weighted by atomic mass is 16.5. The minimum absolute atomic E-state index is 0.115. The Kier molecular flexibility index (Phi) is 8.46. The van der Waals surface area contributed by atoms with Crippen molar-refractivity contribution in [3.05, 3.63) is 53.9 Å². The smallest absolute Gasteiger partial charge is 0.228 e. The summed E-state index contributed by atoms with van der Waals surface area (Å²) in [6.45, 7) is 1.17. The third kappa shape index (κ3) is 6.17. The second kappa shape index (κ2) is 11.9. The van der Waals surface area contributed by atoms with Gasteiger partial charge in [0.25, 0.3) is 0 Å². The summed E-state index contributed by atoms with van der Waals surface area (Å²) in [5, 5.41) is 4.16. The third-order valence-electron chi connectivity index (χ3n) is 6.84. The predicted octanol–water partition coefficient (Wildman–Crippen LogP) is 4.62. The Morgan fingerprint density at radius 3 is 2.33 bits per heavy atom. The van der Waals surface area contributed by atoms with Gasteiger partial charge in [-0.3, -0.25) is 4.79 Å². The van der Waals surface area contributed by atoms with Crippen molar-refractivity contribution in [1.82, 2.24) is 15.0 Å². The van der Waals surface area contributed by atoms with Crippen molar-refractivity contribution in [1.29, 1.82) is 0 Å². The van der Waals surface area contributed by atoms with E-state index in [9.17, 15) is 4.79 Å². The number of rotatable bonds is 11. The first kappa shape index (κ1) is 25.5. The van der Waals surface area contributed by atoms with Crippen molar-refractivity contribution >= 4 is 11.6 Å². The summed E-state index contributed by atoms with van der Waals surface area (Å²) in [6.07, 6.45) is 5.44. The number of hydrogen-bond donors (Lipinski definition) is 0. The Balaban J connectivity index is 1.42. The van der Waals surface area contributed by atoms with Crippen molar-refractivity contribution < 1.29 is 18.8 Å². The number of aromatic nitrogens is 2. The summed E-state index contributed by atoms with van der Waals surface area (Å²) in [4.78, 5) is 21.9. The molecule has 8 nitrogen and oxygen atoms in total. The van der Waals surface area contributed by atoms with E-state index >= 15 is 0 Å². The van der Waals surface area contributed by atoms with Gasteiger partial charge in [0.05, 0.1) is 14.2 Å². The number of hydrogen-bond acceptors (Lipinski definition) is 7. The highest BCUT2D eigenvalue weighted by Gasteiger charge is 2.27. The summed E-state index contributed by atoms with van der Waals surface area (Å²) >= 11 is 0. The average Bonchev–Trinajstić information content (AvgIpc) is 3.61. The molecule has 3 aromatic rings. The molecular formula is C28H36N4O4. The number of nitrogens with zero attached hydrogens (tertiary/aromatic N) is 4. The van der Waals surface area contributed by atoms with Crippen molar-refractivity contribution in [3.8, 4) is 22.9 Å². The molecule has 0 N–H and O–H groups in total. The second-order valence-corrected chi connectivity index (χ2v) is 9.45. The number of benzene rings is 2. The molecule has 0 radical (unpaired) electrons. The van der Waals surface area contributed by atoms with E-state index in [0.717, 1.165) is 48.9 Å². The van der Waals surface area contributed by atoms with Crippen LogP contribution in [0.2, 0.25) is 0 Å². The summed E-state index contributed by atoms with van der Waals surface area (Å²) in [5.41, 5.74) is 3.11. The normalized spacial score (nSPS) is 13.6. The lowest BCUT2D eigenvalue weighted by Crippen LogP contribution is -2.38. The molecule has 4 rings (SSSR count). The van der Waals surface area contributed by atoms with Crippen LogP contribution in [0, 0.1) is 5.92 Å². The maximum atomic E-state index is 13.3. The van der Waals surface area contributed by atoms with Gasteiger partial charge in [0.15, 0.2) is 11.5 Å². The molecule has 0 spiro atoms. The predicted molar refractivity (Wildman–Crippen MR) is 140 cm³/mol. The number of amides is 1. The Morgan fingerprint density at radius 2 is 1.67 bits per heavy atom. The second-order valence-electron chi connectivity index (χ2n) is 9.45. The van der Waals surface area contributed by atoms with Crippen LogP contribution in [0.15, 0.2) is 47.0 Å². The molecule has 1 heterocycles. The highest BCUT2D eigenvalue weighted by molar-refractivity contribution is 5.79. The number of ether oxygens (including phenoxy) is 2. The van der Waals surface area contributed by atoms with Gasteiger partial charge in [-0.2, -0.15) is 4.98 Å². The molecule has 1 amide bonds. The van der Waals surface area contributed by atoms with Crippen LogP contribution in [-0.4, -0.2) is 62.4 Å². The minimum atomic E-state index is 0.115. The van der Waals surface area contributed by atoms with E-state index in [0.29, 0.717) is 42.7 Å². The SMILES string of the molecule is COc1ccc(CCN(CCc2nc(-c3ccc(N(C)C)cc3)no2)C(=O)C2CCCC2)cc1OC. The van der Waals surface area contributed by atoms with E-state index in [1.807, 2.05) is 66.4 Å². The van der Waals surface area contributed by atoms with Crippen LogP contribution in [0.1, 0.15) is 37.1 Å². The van der Waals surface area contributed by atoms with E-state index in [1.54, 1.807) is 14.2 Å². The van der Waals surface area contributed by atoms with Gasteiger partial charge in [0.2, 0.25) is 17.6 Å². The van der Waals surface area contributed by atoms with Crippen LogP contribution in [0.25, 0.3) is 11.4 Å². The van der Waals surface area contributed by atoms with E-state index in [-0.39, 0.29) is 11.8 Å². The number of carbonyl (C=O) groups is 1. The molecule has 1 saturated carbocycles. The zero-order valence-electron chi connectivity index (χ0n) is 21.7. The summed E-state index contributed by atoms with van der Waals surface area (Å²) in [5.74, 6) is 2.84. The standard InChI is InChI=1S/C28H36N4O4/c1-31(2)23-12-10-21(11-13-23)27-29-26(36-30-27)16-18-32(28(33)22-7-5-6-8-22)17-15-20-9-14-24(34-3)25(19-20)35-4/h9-14,19,22H,5-8,15-18H2,1-4H3. The van der Waals surface area contributed by atoms with Gasteiger partial charge in [-0.15, -0.1) is 0 Å². The lowest BCUT2D eigenvalue weighted by Gasteiger charge is -2.25. The zero-order chi connectivity index (χ0) is 25.5. The molecule has 192 valence electrons. The zero-order valence-corrected chi connectivity index (χ0v) is 21.7. The van der Waals surface area contributed by atoms with E-state index in [4.69, 9.17) is 14.0 Å². The maximum Gasteiger partial charge on any atom is 0.228 e. The molecule has 2 aromatic carbocycles. The van der Waals surface area contributed by atoms with Crippen LogP contribution in [-0.2, 0) is 17.6 Å². The van der Waals surface area contributed by atoms with E-state index in [1.165, 1.54) is 0 Å². The van der Waals surface area contributed by atoms with Gasteiger partial charge < -0.3 is 23.8 Å². The lowest BCUT2D eigenvalue weighted by atomic mass is 10.1. The fraction of sp³-hybridized carbons (Fsp3) is 0.464. The summed E-state index contributed by atoms with van der Waals surface area (Å²) in [6, 6.07) is 13.9. The van der Waals surface area contributed by atoms with Gasteiger partial charge in [-0.05, 0) is 61.2 Å². The number of carbonyl (C=O) groups excluding carboxylic acids is 1. The Hall–Kier alpha value is -3.55. The van der Waals surface area contributed by atoms with Gasteiger partial charge in [0, 0.05) is 50.8 Å². The van der Waals surface area contributed by atoms with Crippen LogP contribution < -0.4 is 14.4 Å². The van der Waals surface area contributed by atoms with Crippen molar-refractivity contribution in [3.63, 3.8) is 0 Å². The van der Waals surface area contributed by atoms with Gasteiger partial charge >= 0.3 is 0 Å². The van der Waals surface area contributed by atoms with Crippen LogP contribution >= 0.6 is 0 Å². The first-order valence-electron chi connectivity index (χ1n) is 12.6. The Morgan fingerprint density at radius 1 is 0.972 bits per heavy atom. The molecular weight excluding hydrogens is 456 g/mol. The Bertz CT molecular complexity index is 1140. The van der Waals surface area contributed by atoms with Crippen LogP contribution in [0.5, 0.6) is 11.5 Å². The van der Waals surface area contributed by atoms with Gasteiger partial charge in [-0.1, -0.05) is 24.1 Å².